The molecule has 0 saturated carbocycles. The molecule has 5 nitrogen and oxygen atoms in total. The van der Waals surface area contributed by atoms with Gasteiger partial charge in [-0.15, -0.1) is 0 Å². The van der Waals surface area contributed by atoms with E-state index in [4.69, 9.17) is 9.47 Å². The standard InChI is InChI=1S/C16H22N2O3/c1-3-21-15-12-14(20-2)6-4-13(15)5-7-16(19)18-10-8-17-9-11-18/h4-7,12,17H,3,8-11H2,1-2H3/b7-5+. The number of rotatable bonds is 5. The molecule has 1 aliphatic rings. The van der Waals surface area contributed by atoms with Crippen LogP contribution in [0.3, 0.4) is 0 Å². The van der Waals surface area contributed by atoms with Crippen LogP contribution in [-0.2, 0) is 4.79 Å². The lowest BCUT2D eigenvalue weighted by atomic mass is 10.1. The second kappa shape index (κ2) is 7.69. The molecule has 1 saturated heterocycles. The van der Waals surface area contributed by atoms with E-state index in [0.29, 0.717) is 6.61 Å². The van der Waals surface area contributed by atoms with E-state index in [9.17, 15) is 4.79 Å². The van der Waals surface area contributed by atoms with Crippen LogP contribution in [0.15, 0.2) is 24.3 Å². The summed E-state index contributed by atoms with van der Waals surface area (Å²) in [7, 11) is 1.62. The topological polar surface area (TPSA) is 50.8 Å². The second-order valence-corrected chi connectivity index (χ2v) is 4.75. The summed E-state index contributed by atoms with van der Waals surface area (Å²) in [4.78, 5) is 14.0. The highest BCUT2D eigenvalue weighted by Crippen LogP contribution is 2.26. The zero-order valence-electron chi connectivity index (χ0n) is 12.6. The van der Waals surface area contributed by atoms with E-state index >= 15 is 0 Å². The molecule has 1 aliphatic heterocycles. The summed E-state index contributed by atoms with van der Waals surface area (Å²) < 4.78 is 10.8. The lowest BCUT2D eigenvalue weighted by molar-refractivity contribution is -0.126. The van der Waals surface area contributed by atoms with Crippen LogP contribution < -0.4 is 14.8 Å². The summed E-state index contributed by atoms with van der Waals surface area (Å²) in [6.07, 6.45) is 3.41. The van der Waals surface area contributed by atoms with Crippen molar-refractivity contribution in [3.05, 3.63) is 29.8 Å². The predicted molar refractivity (Wildman–Crippen MR) is 82.6 cm³/mol. The van der Waals surface area contributed by atoms with Crippen molar-refractivity contribution in [1.29, 1.82) is 0 Å². The average molecular weight is 290 g/mol. The Labute approximate surface area is 125 Å². The molecule has 2 rings (SSSR count). The third kappa shape index (κ3) is 4.23. The van der Waals surface area contributed by atoms with Crippen molar-refractivity contribution >= 4 is 12.0 Å². The quantitative estimate of drug-likeness (QED) is 0.836. The molecule has 1 N–H and O–H groups in total. The molecule has 0 aromatic heterocycles. The van der Waals surface area contributed by atoms with E-state index in [1.165, 1.54) is 0 Å². The summed E-state index contributed by atoms with van der Waals surface area (Å²) >= 11 is 0. The minimum atomic E-state index is 0.0368. The predicted octanol–water partition coefficient (Wildman–Crippen LogP) is 1.54. The number of nitrogens with one attached hydrogen (secondary N) is 1. The average Bonchev–Trinajstić information content (AvgIpc) is 2.54. The minimum Gasteiger partial charge on any atom is -0.497 e. The Hall–Kier alpha value is -2.01. The van der Waals surface area contributed by atoms with Gasteiger partial charge in [0.2, 0.25) is 5.91 Å². The second-order valence-electron chi connectivity index (χ2n) is 4.75. The number of nitrogens with zero attached hydrogens (tertiary/aromatic N) is 1. The number of piperazine rings is 1. The zero-order valence-corrected chi connectivity index (χ0v) is 12.6. The molecule has 0 bridgehead atoms. The summed E-state index contributed by atoms with van der Waals surface area (Å²) in [5.74, 6) is 1.50. The lowest BCUT2D eigenvalue weighted by Crippen LogP contribution is -2.45. The van der Waals surface area contributed by atoms with Gasteiger partial charge in [-0.25, -0.2) is 0 Å². The van der Waals surface area contributed by atoms with Crippen molar-refractivity contribution in [2.75, 3.05) is 39.9 Å². The van der Waals surface area contributed by atoms with Gasteiger partial charge in [-0.2, -0.15) is 0 Å². The first-order chi connectivity index (χ1) is 10.2. The highest BCUT2D eigenvalue weighted by atomic mass is 16.5. The van der Waals surface area contributed by atoms with Crippen LogP contribution in [-0.4, -0.2) is 50.7 Å². The van der Waals surface area contributed by atoms with Gasteiger partial charge in [0, 0.05) is 43.9 Å². The summed E-state index contributed by atoms with van der Waals surface area (Å²) in [6.45, 7) is 5.71. The van der Waals surface area contributed by atoms with Crippen LogP contribution in [0.25, 0.3) is 6.08 Å². The van der Waals surface area contributed by atoms with Crippen LogP contribution in [0, 0.1) is 0 Å². The molecule has 0 spiro atoms. The summed E-state index contributed by atoms with van der Waals surface area (Å²) in [5.41, 5.74) is 0.876. The van der Waals surface area contributed by atoms with Gasteiger partial charge in [-0.05, 0) is 25.1 Å². The van der Waals surface area contributed by atoms with Crippen LogP contribution in [0.2, 0.25) is 0 Å². The SMILES string of the molecule is CCOc1cc(OC)ccc1/C=C/C(=O)N1CCNCC1. The van der Waals surface area contributed by atoms with Crippen LogP contribution in [0.1, 0.15) is 12.5 Å². The van der Waals surface area contributed by atoms with Crippen molar-refractivity contribution in [3.63, 3.8) is 0 Å². The number of hydrogen-bond donors (Lipinski definition) is 1. The van der Waals surface area contributed by atoms with E-state index in [0.717, 1.165) is 43.2 Å². The van der Waals surface area contributed by atoms with E-state index in [-0.39, 0.29) is 5.91 Å². The van der Waals surface area contributed by atoms with Crippen LogP contribution in [0.5, 0.6) is 11.5 Å². The van der Waals surface area contributed by atoms with Gasteiger partial charge in [0.1, 0.15) is 11.5 Å². The number of carbonyl (C=O) groups is 1. The largest absolute Gasteiger partial charge is 0.497 e. The summed E-state index contributed by atoms with van der Waals surface area (Å²) in [6, 6.07) is 5.58. The highest BCUT2D eigenvalue weighted by Gasteiger charge is 2.13. The number of amides is 1. The Bertz CT molecular complexity index is 508. The Morgan fingerprint density at radius 1 is 1.38 bits per heavy atom. The van der Waals surface area contributed by atoms with Crippen molar-refractivity contribution in [2.24, 2.45) is 0 Å². The molecule has 0 atom stereocenters. The van der Waals surface area contributed by atoms with Gasteiger partial charge in [0.05, 0.1) is 13.7 Å². The fraction of sp³-hybridized carbons (Fsp3) is 0.438. The molecule has 0 unspecified atom stereocenters. The van der Waals surface area contributed by atoms with E-state index in [2.05, 4.69) is 5.32 Å². The molecule has 21 heavy (non-hydrogen) atoms. The molecule has 1 aromatic rings. The monoisotopic (exact) mass is 290 g/mol. The molecule has 1 amide bonds. The van der Waals surface area contributed by atoms with Crippen molar-refractivity contribution < 1.29 is 14.3 Å². The smallest absolute Gasteiger partial charge is 0.246 e. The maximum atomic E-state index is 12.1. The third-order valence-corrected chi connectivity index (χ3v) is 3.35. The molecule has 1 fully saturated rings. The first kappa shape index (κ1) is 15.4. The van der Waals surface area contributed by atoms with Crippen molar-refractivity contribution in [2.45, 2.75) is 6.92 Å². The molecule has 5 heteroatoms. The molecule has 1 aromatic carbocycles. The maximum Gasteiger partial charge on any atom is 0.246 e. The van der Waals surface area contributed by atoms with E-state index < -0.39 is 0 Å². The van der Waals surface area contributed by atoms with Gasteiger partial charge in [0.15, 0.2) is 0 Å². The maximum absolute atomic E-state index is 12.1. The van der Waals surface area contributed by atoms with Gasteiger partial charge < -0.3 is 19.7 Å². The number of methoxy groups -OCH3 is 1. The van der Waals surface area contributed by atoms with Crippen LogP contribution >= 0.6 is 0 Å². The molecule has 114 valence electrons. The van der Waals surface area contributed by atoms with Crippen molar-refractivity contribution in [1.82, 2.24) is 10.2 Å². The number of benzene rings is 1. The molecule has 0 aliphatic carbocycles. The normalized spacial score (nSPS) is 15.2. The molecular weight excluding hydrogens is 268 g/mol. The van der Waals surface area contributed by atoms with E-state index in [1.54, 1.807) is 19.3 Å². The first-order valence-electron chi connectivity index (χ1n) is 7.23. The zero-order chi connectivity index (χ0) is 15.1. The van der Waals surface area contributed by atoms with Gasteiger partial charge in [-0.1, -0.05) is 0 Å². The van der Waals surface area contributed by atoms with Crippen LogP contribution in [0.4, 0.5) is 0 Å². The summed E-state index contributed by atoms with van der Waals surface area (Å²) in [5, 5.41) is 3.23. The van der Waals surface area contributed by atoms with Gasteiger partial charge in [-0.3, -0.25) is 4.79 Å². The fourth-order valence-corrected chi connectivity index (χ4v) is 2.21. The van der Waals surface area contributed by atoms with Gasteiger partial charge >= 0.3 is 0 Å². The number of carbonyl (C=O) groups excluding carboxylic acids is 1. The first-order valence-corrected chi connectivity index (χ1v) is 7.23. The Morgan fingerprint density at radius 3 is 2.81 bits per heavy atom. The Morgan fingerprint density at radius 2 is 2.14 bits per heavy atom. The van der Waals surface area contributed by atoms with Crippen molar-refractivity contribution in [3.8, 4) is 11.5 Å². The Kier molecular flexibility index (Phi) is 5.63. The third-order valence-electron chi connectivity index (χ3n) is 3.35. The van der Waals surface area contributed by atoms with Gasteiger partial charge in [0.25, 0.3) is 0 Å². The lowest BCUT2D eigenvalue weighted by Gasteiger charge is -2.26. The molecule has 0 radical (unpaired) electrons. The number of hydrogen-bond acceptors (Lipinski definition) is 4. The minimum absolute atomic E-state index is 0.0368. The highest BCUT2D eigenvalue weighted by molar-refractivity contribution is 5.92. The van der Waals surface area contributed by atoms with E-state index in [1.807, 2.05) is 30.0 Å². The Balaban J connectivity index is 2.09. The molecular formula is C16H22N2O3. The fourth-order valence-electron chi connectivity index (χ4n) is 2.21. The molecule has 1 heterocycles. The number of ether oxygens (including phenoxy) is 2.